The minimum Gasteiger partial charge on any atom is -0.460 e. The number of hydrazone groups is 1. The molecule has 2 rings (SSSR count). The summed E-state index contributed by atoms with van der Waals surface area (Å²) in [6.45, 7) is 3.50. The zero-order valence-electron chi connectivity index (χ0n) is 16.8. The Balaban J connectivity index is 2.04. The van der Waals surface area contributed by atoms with Gasteiger partial charge < -0.3 is 4.74 Å². The molecule has 0 heterocycles. The molecule has 162 valence electrons. The van der Waals surface area contributed by atoms with Gasteiger partial charge in [-0.1, -0.05) is 13.8 Å². The predicted octanol–water partition coefficient (Wildman–Crippen LogP) is 3.44. The topological polar surface area (TPSA) is 145 Å². The summed E-state index contributed by atoms with van der Waals surface area (Å²) in [6, 6.07) is 10.00. The van der Waals surface area contributed by atoms with Gasteiger partial charge in [-0.15, -0.1) is 0 Å². The van der Waals surface area contributed by atoms with E-state index < -0.39 is 21.7 Å². The number of carbonyl (C=O) groups is 2. The highest BCUT2D eigenvalue weighted by Crippen LogP contribution is 2.15. The number of esters is 1. The molecule has 2 aromatic rings. The first-order valence-electron chi connectivity index (χ1n) is 9.21. The summed E-state index contributed by atoms with van der Waals surface area (Å²) in [5.41, 5.74) is 0.0166. The number of carbonyl (C=O) groups excluding carboxylic acids is 2. The Bertz CT molecular complexity index is 986. The van der Waals surface area contributed by atoms with E-state index in [0.29, 0.717) is 0 Å². The number of rotatable bonds is 9. The molecule has 0 N–H and O–H groups in total. The van der Waals surface area contributed by atoms with Gasteiger partial charge in [-0.3, -0.25) is 25.0 Å². The van der Waals surface area contributed by atoms with Crippen LogP contribution < -0.4 is 0 Å². The Hall–Kier alpha value is -4.15. The molecule has 0 bridgehead atoms. The van der Waals surface area contributed by atoms with Gasteiger partial charge in [-0.2, -0.15) is 5.10 Å². The van der Waals surface area contributed by atoms with Gasteiger partial charge in [-0.25, -0.2) is 9.80 Å². The number of non-ortho nitro benzene ring substituents is 2. The SMILES string of the molecule is CC(C)/C=N/N(CCOC(=O)c1ccc([N+](=O)[O-])cc1)C(=O)c1ccc([N+](=O)[O-])cc1. The van der Waals surface area contributed by atoms with Gasteiger partial charge in [0.2, 0.25) is 0 Å². The van der Waals surface area contributed by atoms with Gasteiger partial charge in [0, 0.05) is 36.0 Å². The third kappa shape index (κ3) is 6.70. The van der Waals surface area contributed by atoms with Crippen molar-refractivity contribution in [2.45, 2.75) is 13.8 Å². The van der Waals surface area contributed by atoms with Crippen LogP contribution in [0.1, 0.15) is 34.6 Å². The first kappa shape index (κ1) is 23.1. The fourth-order valence-corrected chi connectivity index (χ4v) is 2.33. The van der Waals surface area contributed by atoms with Gasteiger partial charge in [0.15, 0.2) is 0 Å². The second-order valence-electron chi connectivity index (χ2n) is 6.68. The quantitative estimate of drug-likeness (QED) is 0.257. The number of hydrogen-bond acceptors (Lipinski definition) is 8. The van der Waals surface area contributed by atoms with Crippen molar-refractivity contribution in [3.05, 3.63) is 79.9 Å². The molecule has 11 heteroatoms. The lowest BCUT2D eigenvalue weighted by Crippen LogP contribution is -2.30. The summed E-state index contributed by atoms with van der Waals surface area (Å²) in [7, 11) is 0. The van der Waals surface area contributed by atoms with Crippen LogP contribution in [0, 0.1) is 26.1 Å². The molecule has 0 radical (unpaired) electrons. The molecule has 11 nitrogen and oxygen atoms in total. The second kappa shape index (κ2) is 10.6. The number of amides is 1. The van der Waals surface area contributed by atoms with Crippen LogP contribution in [0.15, 0.2) is 53.6 Å². The molecule has 1 amide bonds. The van der Waals surface area contributed by atoms with Gasteiger partial charge >= 0.3 is 5.97 Å². The number of ether oxygens (including phenoxy) is 1. The molecule has 0 fully saturated rings. The minimum absolute atomic E-state index is 0.0508. The van der Waals surface area contributed by atoms with Gasteiger partial charge in [0.25, 0.3) is 17.3 Å². The van der Waals surface area contributed by atoms with Crippen molar-refractivity contribution >= 4 is 29.5 Å². The average molecular weight is 428 g/mol. The van der Waals surface area contributed by atoms with E-state index in [1.165, 1.54) is 48.5 Å². The fraction of sp³-hybridized carbons (Fsp3) is 0.250. The Morgan fingerprint density at radius 3 is 1.90 bits per heavy atom. The van der Waals surface area contributed by atoms with E-state index in [0.717, 1.165) is 5.01 Å². The van der Waals surface area contributed by atoms with Crippen molar-refractivity contribution in [2.24, 2.45) is 11.0 Å². The standard InChI is InChI=1S/C20H20N4O7/c1-14(2)13-21-22(19(25)15-3-7-17(8-4-15)23(27)28)11-12-31-20(26)16-5-9-18(10-6-16)24(29)30/h3-10,13-14H,11-12H2,1-2H3/b21-13+. The van der Waals surface area contributed by atoms with Gasteiger partial charge in [0.1, 0.15) is 6.61 Å². The Morgan fingerprint density at radius 1 is 0.968 bits per heavy atom. The van der Waals surface area contributed by atoms with Crippen LogP contribution in [0.4, 0.5) is 11.4 Å². The number of benzene rings is 2. The maximum Gasteiger partial charge on any atom is 0.338 e. The maximum absolute atomic E-state index is 12.7. The molecule has 0 saturated heterocycles. The molecule has 0 aliphatic carbocycles. The highest BCUT2D eigenvalue weighted by Gasteiger charge is 2.18. The molecule has 2 aromatic carbocycles. The van der Waals surface area contributed by atoms with Crippen LogP contribution in [0.25, 0.3) is 0 Å². The number of nitrogens with zero attached hydrogens (tertiary/aromatic N) is 4. The van der Waals surface area contributed by atoms with Crippen LogP contribution in [0.3, 0.4) is 0 Å². The molecule has 0 spiro atoms. The summed E-state index contributed by atoms with van der Waals surface area (Å²) in [5.74, 6) is -1.17. The van der Waals surface area contributed by atoms with E-state index >= 15 is 0 Å². The third-order valence-corrected chi connectivity index (χ3v) is 3.91. The van der Waals surface area contributed by atoms with Crippen LogP contribution in [0.5, 0.6) is 0 Å². The molecule has 0 aliphatic heterocycles. The molecular weight excluding hydrogens is 408 g/mol. The molecule has 0 atom stereocenters. The van der Waals surface area contributed by atoms with Crippen molar-refractivity contribution in [1.82, 2.24) is 5.01 Å². The summed E-state index contributed by atoms with van der Waals surface area (Å²) in [4.78, 5) is 45.1. The predicted molar refractivity (Wildman–Crippen MR) is 111 cm³/mol. The Kier molecular flexibility index (Phi) is 7.89. The molecule has 0 aliphatic rings. The first-order chi connectivity index (χ1) is 14.7. The number of nitro groups is 2. The highest BCUT2D eigenvalue weighted by atomic mass is 16.6. The molecular formula is C20H20N4O7. The molecule has 0 aromatic heterocycles. The second-order valence-corrected chi connectivity index (χ2v) is 6.68. The largest absolute Gasteiger partial charge is 0.460 e. The summed E-state index contributed by atoms with van der Waals surface area (Å²) >= 11 is 0. The summed E-state index contributed by atoms with van der Waals surface area (Å²) in [5, 5.41) is 26.7. The lowest BCUT2D eigenvalue weighted by molar-refractivity contribution is -0.385. The zero-order valence-corrected chi connectivity index (χ0v) is 16.8. The van der Waals surface area contributed by atoms with Crippen molar-refractivity contribution in [3.8, 4) is 0 Å². The smallest absolute Gasteiger partial charge is 0.338 e. The molecule has 0 unspecified atom stereocenters. The lowest BCUT2D eigenvalue weighted by Gasteiger charge is -2.17. The van der Waals surface area contributed by atoms with Crippen LogP contribution in [-0.2, 0) is 4.74 Å². The van der Waals surface area contributed by atoms with Crippen molar-refractivity contribution in [1.29, 1.82) is 0 Å². The fourth-order valence-electron chi connectivity index (χ4n) is 2.33. The van der Waals surface area contributed by atoms with Crippen molar-refractivity contribution < 1.29 is 24.2 Å². The van der Waals surface area contributed by atoms with Crippen LogP contribution in [0.2, 0.25) is 0 Å². The monoisotopic (exact) mass is 428 g/mol. The lowest BCUT2D eigenvalue weighted by atomic mass is 10.2. The van der Waals surface area contributed by atoms with Gasteiger partial charge in [-0.05, 0) is 30.2 Å². The zero-order chi connectivity index (χ0) is 23.0. The van der Waals surface area contributed by atoms with Crippen LogP contribution >= 0.6 is 0 Å². The van der Waals surface area contributed by atoms with E-state index in [1.807, 2.05) is 13.8 Å². The van der Waals surface area contributed by atoms with E-state index in [4.69, 9.17) is 4.74 Å². The minimum atomic E-state index is -0.703. The third-order valence-electron chi connectivity index (χ3n) is 3.91. The maximum atomic E-state index is 12.7. The number of hydrogen-bond donors (Lipinski definition) is 0. The number of nitro benzene ring substituents is 2. The van der Waals surface area contributed by atoms with E-state index in [1.54, 1.807) is 6.21 Å². The first-order valence-corrected chi connectivity index (χ1v) is 9.21. The van der Waals surface area contributed by atoms with E-state index in [9.17, 15) is 29.8 Å². The molecule has 31 heavy (non-hydrogen) atoms. The summed E-state index contributed by atoms with van der Waals surface area (Å²) in [6.07, 6.45) is 1.54. The Morgan fingerprint density at radius 2 is 1.45 bits per heavy atom. The van der Waals surface area contributed by atoms with Gasteiger partial charge in [0.05, 0.1) is 22.0 Å². The Labute approximate surface area is 177 Å². The normalized spacial score (nSPS) is 10.8. The summed E-state index contributed by atoms with van der Waals surface area (Å²) < 4.78 is 5.14. The van der Waals surface area contributed by atoms with E-state index in [-0.39, 0.29) is 41.6 Å². The van der Waals surface area contributed by atoms with Crippen molar-refractivity contribution in [2.75, 3.05) is 13.2 Å². The molecule has 0 saturated carbocycles. The van der Waals surface area contributed by atoms with Crippen molar-refractivity contribution in [3.63, 3.8) is 0 Å². The van der Waals surface area contributed by atoms with E-state index in [2.05, 4.69) is 5.10 Å². The van der Waals surface area contributed by atoms with Crippen LogP contribution in [-0.4, -0.2) is 46.1 Å². The highest BCUT2D eigenvalue weighted by molar-refractivity contribution is 5.94. The average Bonchev–Trinajstić information content (AvgIpc) is 2.75.